The second-order valence-electron chi connectivity index (χ2n) is 2.20. The Bertz CT molecular complexity index is 49.7. The van der Waals surface area contributed by atoms with Gasteiger partial charge in [-0.05, 0) is 0 Å². The third-order valence-electron chi connectivity index (χ3n) is 0.989. The van der Waals surface area contributed by atoms with Gasteiger partial charge in [-0.25, -0.2) is 0 Å². The van der Waals surface area contributed by atoms with Crippen molar-refractivity contribution < 1.29 is 0 Å². The molecule has 0 saturated carbocycles. The maximum atomic E-state index is 3.55. The summed E-state index contributed by atoms with van der Waals surface area (Å²) in [5, 5.41) is 1.56. The van der Waals surface area contributed by atoms with Gasteiger partial charge in [0.25, 0.3) is 0 Å². The van der Waals surface area contributed by atoms with Gasteiger partial charge in [0.05, 0.1) is 0 Å². The Labute approximate surface area is 72.7 Å². The fourth-order valence-corrected chi connectivity index (χ4v) is 4.86. The normalized spacial score (nSPS) is 9.50. The van der Waals surface area contributed by atoms with Gasteiger partial charge in [-0.2, -0.15) is 0 Å². The molecule has 0 unspecified atom stereocenters. The molecule has 8 heavy (non-hydrogen) atoms. The van der Waals surface area contributed by atoms with E-state index in [1.165, 1.54) is 11.0 Å². The van der Waals surface area contributed by atoms with Crippen LogP contribution in [-0.4, -0.2) is 32.8 Å². The van der Waals surface area contributed by atoms with E-state index >= 15 is 0 Å². The van der Waals surface area contributed by atoms with Crippen molar-refractivity contribution >= 4 is 45.7 Å². The zero-order valence-corrected chi connectivity index (χ0v) is 10.5. The fourth-order valence-electron chi connectivity index (χ4n) is 0.523. The van der Waals surface area contributed by atoms with Crippen LogP contribution in [0.3, 0.4) is 0 Å². The number of rotatable bonds is 4. The van der Waals surface area contributed by atoms with Gasteiger partial charge < -0.3 is 0 Å². The third-order valence-corrected chi connectivity index (χ3v) is 5.98. The molecular weight excluding hydrogens is 239 g/mol. The molecule has 0 aromatic carbocycles. The van der Waals surface area contributed by atoms with Crippen molar-refractivity contribution in [2.24, 2.45) is 0 Å². The summed E-state index contributed by atoms with van der Waals surface area (Å²) in [6.07, 6.45) is 1.50. The van der Waals surface area contributed by atoms with E-state index in [1.807, 2.05) is 0 Å². The molecule has 0 aliphatic heterocycles. The fraction of sp³-hybridized carbons (Fsp3) is 1.00. The molecule has 0 saturated heterocycles. The second kappa shape index (κ2) is 6.92. The van der Waals surface area contributed by atoms with E-state index in [2.05, 4.69) is 24.3 Å². The number of halogens is 1. The summed E-state index contributed by atoms with van der Waals surface area (Å²) in [5.41, 5.74) is 4.87. The number of hydrogen-bond acceptors (Lipinski definition) is 0. The zero-order valence-electron chi connectivity index (χ0n) is 5.65. The molecule has 0 aliphatic carbocycles. The zero-order chi connectivity index (χ0) is 6.41. The molecule has 0 bridgehead atoms. The standard InChI is InChI=1S/C5H12As.BrH.Mg/c1-4-5-6(2)3;;/h1,4-5H2,2-3H3;1H;/q;;+1/p-1. The molecule has 0 aromatic heterocycles. The van der Waals surface area contributed by atoms with Crippen LogP contribution in [0.5, 0.6) is 0 Å². The summed E-state index contributed by atoms with van der Waals surface area (Å²) in [4.78, 5) is 0. The van der Waals surface area contributed by atoms with Gasteiger partial charge in [0, 0.05) is 0 Å². The van der Waals surface area contributed by atoms with Crippen molar-refractivity contribution in [2.45, 2.75) is 27.6 Å². The summed E-state index contributed by atoms with van der Waals surface area (Å²) in [7, 11) is 0. The van der Waals surface area contributed by atoms with E-state index in [0.717, 1.165) is 0 Å². The van der Waals surface area contributed by atoms with Crippen molar-refractivity contribution in [3.63, 3.8) is 0 Å². The van der Waals surface area contributed by atoms with E-state index in [1.54, 1.807) is 5.21 Å². The van der Waals surface area contributed by atoms with E-state index in [4.69, 9.17) is 0 Å². The molecule has 3 heteroatoms. The van der Waals surface area contributed by atoms with Crippen LogP contribution >= 0.6 is 12.9 Å². The maximum absolute atomic E-state index is 3.55. The van der Waals surface area contributed by atoms with Gasteiger partial charge in [-0.1, -0.05) is 0 Å². The van der Waals surface area contributed by atoms with Gasteiger partial charge in [0.1, 0.15) is 0 Å². The van der Waals surface area contributed by atoms with E-state index in [0.29, 0.717) is 0 Å². The van der Waals surface area contributed by atoms with Crippen LogP contribution in [0.15, 0.2) is 0 Å². The van der Waals surface area contributed by atoms with Crippen LogP contribution in [0.25, 0.3) is 0 Å². The molecule has 0 radical (unpaired) electrons. The van der Waals surface area contributed by atoms with E-state index in [-0.39, 0.29) is 32.8 Å². The van der Waals surface area contributed by atoms with Gasteiger partial charge in [-0.15, -0.1) is 0 Å². The second-order valence-corrected chi connectivity index (χ2v) is 11.1. The van der Waals surface area contributed by atoms with Gasteiger partial charge >= 0.3 is 73.3 Å². The molecule has 0 rings (SSSR count). The first kappa shape index (κ1) is 9.80. The molecule has 0 spiro atoms. The Hall–Kier alpha value is 1.80. The molecule has 0 atom stereocenters. The minimum atomic E-state index is -0.256. The molecule has 0 N–H and O–H groups in total. The third kappa shape index (κ3) is 7.80. The van der Waals surface area contributed by atoms with Crippen molar-refractivity contribution in [2.75, 3.05) is 0 Å². The summed E-state index contributed by atoms with van der Waals surface area (Å²) in [6, 6.07) is 0. The molecule has 0 aliphatic rings. The number of hydrogen-bond donors (Lipinski definition) is 0. The summed E-state index contributed by atoms with van der Waals surface area (Å²) in [6.45, 7) is 0. The first-order valence-corrected chi connectivity index (χ1v) is 13.0. The molecule has 0 nitrogen and oxygen atoms in total. The molecule has 0 aromatic rings. The van der Waals surface area contributed by atoms with Crippen LogP contribution in [0.1, 0.15) is 6.42 Å². The average Bonchev–Trinajstić information content (AvgIpc) is 1.66. The monoisotopic (exact) mass is 250 g/mol. The Morgan fingerprint density at radius 3 is 2.50 bits per heavy atom. The van der Waals surface area contributed by atoms with Gasteiger partial charge in [0.15, 0.2) is 0 Å². The van der Waals surface area contributed by atoms with Crippen LogP contribution in [0.2, 0.25) is 21.2 Å². The van der Waals surface area contributed by atoms with Crippen LogP contribution in [0.4, 0.5) is 0 Å². The topological polar surface area (TPSA) is 0 Å². The Morgan fingerprint density at radius 1 is 1.50 bits per heavy atom. The van der Waals surface area contributed by atoms with Gasteiger partial charge in [0.2, 0.25) is 0 Å². The molecular formula is C5H12AsBrMg. The molecule has 0 fully saturated rings. The van der Waals surface area contributed by atoms with E-state index in [9.17, 15) is 0 Å². The van der Waals surface area contributed by atoms with Crippen molar-refractivity contribution in [1.29, 1.82) is 0 Å². The van der Waals surface area contributed by atoms with E-state index < -0.39 is 0 Å². The summed E-state index contributed by atoms with van der Waals surface area (Å²) in [5.74, 6) is 0. The SMILES string of the molecule is C[As](C)CC[CH2][Mg][Br]. The van der Waals surface area contributed by atoms with Crippen LogP contribution in [0, 0.1) is 0 Å². The van der Waals surface area contributed by atoms with Crippen LogP contribution < -0.4 is 0 Å². The summed E-state index contributed by atoms with van der Waals surface area (Å²) >= 11 is 3.51. The molecule has 46 valence electrons. The Kier molecular flexibility index (Phi) is 8.48. The molecule has 0 amide bonds. The molecule has 0 heterocycles. The first-order chi connectivity index (χ1) is 3.77. The van der Waals surface area contributed by atoms with Crippen molar-refractivity contribution in [3.8, 4) is 0 Å². The average molecular weight is 251 g/mol. The quantitative estimate of drug-likeness (QED) is 0.532. The van der Waals surface area contributed by atoms with Crippen molar-refractivity contribution in [3.05, 3.63) is 0 Å². The Balaban J connectivity index is 2.72. The van der Waals surface area contributed by atoms with Crippen LogP contribution in [-0.2, 0) is 0 Å². The van der Waals surface area contributed by atoms with Crippen molar-refractivity contribution in [1.82, 2.24) is 0 Å². The summed E-state index contributed by atoms with van der Waals surface area (Å²) < 4.78 is 1.51. The predicted octanol–water partition coefficient (Wildman–Crippen LogP) is 2.56. The Morgan fingerprint density at radius 2 is 2.12 bits per heavy atom. The predicted molar refractivity (Wildman–Crippen MR) is 46.4 cm³/mol. The minimum absolute atomic E-state index is 0.207. The first-order valence-electron chi connectivity index (χ1n) is 2.98. The van der Waals surface area contributed by atoms with Gasteiger partial charge in [-0.3, -0.25) is 0 Å².